The fourth-order valence-corrected chi connectivity index (χ4v) is 1.66. The number of imide groups is 1. The number of carbonyl (C=O) groups is 2. The molecular formula is C11H13N3O3. The number of piperidine rings is 1. The van der Waals surface area contributed by atoms with Gasteiger partial charge in [0.25, 0.3) is 0 Å². The molecule has 3 N–H and O–H groups in total. The third-order valence-electron chi connectivity index (χ3n) is 2.57. The van der Waals surface area contributed by atoms with Crippen LogP contribution in [0.2, 0.25) is 0 Å². The average Bonchev–Trinajstić information content (AvgIpc) is 2.33. The van der Waals surface area contributed by atoms with Crippen molar-refractivity contribution in [3.05, 3.63) is 23.9 Å². The van der Waals surface area contributed by atoms with Crippen molar-refractivity contribution >= 4 is 17.6 Å². The minimum Gasteiger partial charge on any atom is -0.392 e. The van der Waals surface area contributed by atoms with E-state index in [1.54, 1.807) is 18.3 Å². The van der Waals surface area contributed by atoms with E-state index < -0.39 is 6.04 Å². The van der Waals surface area contributed by atoms with Crippen molar-refractivity contribution in [3.63, 3.8) is 0 Å². The number of aliphatic hydroxyl groups is 1. The van der Waals surface area contributed by atoms with Gasteiger partial charge in [-0.25, -0.2) is 4.98 Å². The molecule has 1 aliphatic heterocycles. The zero-order valence-corrected chi connectivity index (χ0v) is 9.14. The van der Waals surface area contributed by atoms with Crippen LogP contribution < -0.4 is 10.6 Å². The molecule has 6 nitrogen and oxygen atoms in total. The molecule has 1 saturated heterocycles. The summed E-state index contributed by atoms with van der Waals surface area (Å²) < 4.78 is 0. The van der Waals surface area contributed by atoms with Gasteiger partial charge in [0.05, 0.1) is 6.61 Å². The van der Waals surface area contributed by atoms with Gasteiger partial charge in [0.1, 0.15) is 11.9 Å². The lowest BCUT2D eigenvalue weighted by molar-refractivity contribution is -0.133. The van der Waals surface area contributed by atoms with Crippen LogP contribution in [0.3, 0.4) is 0 Å². The number of aliphatic hydroxyl groups excluding tert-OH is 1. The molecule has 2 amide bonds. The zero-order valence-electron chi connectivity index (χ0n) is 9.14. The first-order valence-corrected chi connectivity index (χ1v) is 5.35. The van der Waals surface area contributed by atoms with Crippen molar-refractivity contribution in [2.75, 3.05) is 5.32 Å². The number of pyridine rings is 1. The van der Waals surface area contributed by atoms with E-state index >= 15 is 0 Å². The summed E-state index contributed by atoms with van der Waals surface area (Å²) in [5.74, 6) is -0.0615. The average molecular weight is 235 g/mol. The number of hydrogen-bond acceptors (Lipinski definition) is 5. The summed E-state index contributed by atoms with van der Waals surface area (Å²) in [4.78, 5) is 26.5. The second-order valence-corrected chi connectivity index (χ2v) is 3.86. The highest BCUT2D eigenvalue weighted by Gasteiger charge is 2.26. The smallest absolute Gasteiger partial charge is 0.249 e. The fraction of sp³-hybridized carbons (Fsp3) is 0.364. The number of amides is 2. The first kappa shape index (κ1) is 11.5. The molecule has 1 aromatic rings. The third kappa shape index (κ3) is 2.79. The molecular weight excluding hydrogens is 222 g/mol. The Labute approximate surface area is 98.1 Å². The van der Waals surface area contributed by atoms with Gasteiger partial charge in [-0.15, -0.1) is 0 Å². The van der Waals surface area contributed by atoms with Crippen LogP contribution >= 0.6 is 0 Å². The van der Waals surface area contributed by atoms with E-state index in [0.29, 0.717) is 18.7 Å². The predicted octanol–water partition coefficient (Wildman–Crippen LogP) is -0.209. The predicted molar refractivity (Wildman–Crippen MR) is 60.0 cm³/mol. The van der Waals surface area contributed by atoms with Crippen LogP contribution in [0.1, 0.15) is 18.4 Å². The van der Waals surface area contributed by atoms with E-state index in [0.717, 1.165) is 5.56 Å². The van der Waals surface area contributed by atoms with Gasteiger partial charge >= 0.3 is 0 Å². The molecule has 0 aliphatic carbocycles. The highest BCUT2D eigenvalue weighted by molar-refractivity contribution is 6.01. The molecule has 1 fully saturated rings. The van der Waals surface area contributed by atoms with Crippen LogP contribution in [0.5, 0.6) is 0 Å². The Bertz CT molecular complexity index is 447. The summed E-state index contributed by atoms with van der Waals surface area (Å²) >= 11 is 0. The van der Waals surface area contributed by atoms with Gasteiger partial charge in [0, 0.05) is 12.6 Å². The normalized spacial score (nSPS) is 19.9. The maximum atomic E-state index is 11.5. The number of carbonyl (C=O) groups excluding carboxylic acids is 2. The van der Waals surface area contributed by atoms with E-state index in [1.165, 1.54) is 0 Å². The lowest BCUT2D eigenvalue weighted by Crippen LogP contribution is -2.47. The SMILES string of the molecule is O=C1CCC(Nc2cc(CO)ccn2)C(=O)N1. The quantitative estimate of drug-likeness (QED) is 0.631. The largest absolute Gasteiger partial charge is 0.392 e. The number of aromatic nitrogens is 1. The minimum absolute atomic E-state index is 0.0768. The molecule has 1 atom stereocenters. The van der Waals surface area contributed by atoms with E-state index in [2.05, 4.69) is 15.6 Å². The Balaban J connectivity index is 2.05. The fourth-order valence-electron chi connectivity index (χ4n) is 1.66. The van der Waals surface area contributed by atoms with E-state index in [4.69, 9.17) is 5.11 Å². The molecule has 2 heterocycles. The zero-order chi connectivity index (χ0) is 12.3. The number of rotatable bonds is 3. The molecule has 6 heteroatoms. The summed E-state index contributed by atoms with van der Waals surface area (Å²) in [5.41, 5.74) is 0.717. The topological polar surface area (TPSA) is 91.3 Å². The number of anilines is 1. The van der Waals surface area contributed by atoms with E-state index in [1.807, 2.05) is 0 Å². The van der Waals surface area contributed by atoms with Gasteiger partial charge in [-0.05, 0) is 24.1 Å². The van der Waals surface area contributed by atoms with Gasteiger partial charge in [-0.2, -0.15) is 0 Å². The Kier molecular flexibility index (Phi) is 3.34. The van der Waals surface area contributed by atoms with Gasteiger partial charge < -0.3 is 10.4 Å². The maximum Gasteiger partial charge on any atom is 0.249 e. The number of hydrogen-bond donors (Lipinski definition) is 3. The third-order valence-corrected chi connectivity index (χ3v) is 2.57. The van der Waals surface area contributed by atoms with Crippen LogP contribution in [-0.4, -0.2) is 27.9 Å². The van der Waals surface area contributed by atoms with Crippen LogP contribution in [-0.2, 0) is 16.2 Å². The lowest BCUT2D eigenvalue weighted by atomic mass is 10.1. The van der Waals surface area contributed by atoms with Crippen LogP contribution in [0.4, 0.5) is 5.82 Å². The number of nitrogens with one attached hydrogen (secondary N) is 2. The van der Waals surface area contributed by atoms with Crippen LogP contribution in [0.25, 0.3) is 0 Å². The first-order chi connectivity index (χ1) is 8.19. The molecule has 0 spiro atoms. The van der Waals surface area contributed by atoms with Crippen molar-refractivity contribution in [2.24, 2.45) is 0 Å². The Morgan fingerprint density at radius 2 is 2.35 bits per heavy atom. The monoisotopic (exact) mass is 235 g/mol. The van der Waals surface area contributed by atoms with Crippen molar-refractivity contribution in [1.82, 2.24) is 10.3 Å². The minimum atomic E-state index is -0.450. The Morgan fingerprint density at radius 1 is 1.53 bits per heavy atom. The Morgan fingerprint density at radius 3 is 3.06 bits per heavy atom. The summed E-state index contributed by atoms with van der Waals surface area (Å²) in [7, 11) is 0. The van der Waals surface area contributed by atoms with Crippen molar-refractivity contribution in [1.29, 1.82) is 0 Å². The highest BCUT2D eigenvalue weighted by atomic mass is 16.3. The molecule has 2 rings (SSSR count). The molecule has 0 aromatic carbocycles. The first-order valence-electron chi connectivity index (χ1n) is 5.35. The molecule has 0 radical (unpaired) electrons. The molecule has 90 valence electrons. The van der Waals surface area contributed by atoms with Crippen LogP contribution in [0.15, 0.2) is 18.3 Å². The second kappa shape index (κ2) is 4.92. The van der Waals surface area contributed by atoms with Gasteiger partial charge in [0.2, 0.25) is 11.8 Å². The molecule has 1 aromatic heterocycles. The highest BCUT2D eigenvalue weighted by Crippen LogP contribution is 2.12. The second-order valence-electron chi connectivity index (χ2n) is 3.86. The molecule has 0 bridgehead atoms. The molecule has 1 aliphatic rings. The number of nitrogens with zero attached hydrogens (tertiary/aromatic N) is 1. The molecule has 17 heavy (non-hydrogen) atoms. The summed E-state index contributed by atoms with van der Waals surface area (Å²) in [6.45, 7) is -0.0768. The summed E-state index contributed by atoms with van der Waals surface area (Å²) in [6.07, 6.45) is 2.33. The molecule has 1 unspecified atom stereocenters. The van der Waals surface area contributed by atoms with E-state index in [9.17, 15) is 9.59 Å². The van der Waals surface area contributed by atoms with Crippen LogP contribution in [0, 0.1) is 0 Å². The molecule has 0 saturated carbocycles. The standard InChI is InChI=1S/C11H13N3O3/c15-6-7-3-4-12-9(5-7)13-8-1-2-10(16)14-11(8)17/h3-5,8,15H,1-2,6H2,(H,12,13)(H,14,16,17). The van der Waals surface area contributed by atoms with Gasteiger partial charge in [-0.3, -0.25) is 14.9 Å². The van der Waals surface area contributed by atoms with Crippen molar-refractivity contribution in [3.8, 4) is 0 Å². The van der Waals surface area contributed by atoms with Gasteiger partial charge in [0.15, 0.2) is 0 Å². The van der Waals surface area contributed by atoms with Crippen molar-refractivity contribution in [2.45, 2.75) is 25.5 Å². The summed E-state index contributed by atoms with van der Waals surface area (Å²) in [5, 5.41) is 14.2. The summed E-state index contributed by atoms with van der Waals surface area (Å²) in [6, 6.07) is 2.91. The van der Waals surface area contributed by atoms with E-state index in [-0.39, 0.29) is 18.4 Å². The van der Waals surface area contributed by atoms with Gasteiger partial charge in [-0.1, -0.05) is 0 Å². The maximum absolute atomic E-state index is 11.5. The lowest BCUT2D eigenvalue weighted by Gasteiger charge is -2.22. The Hall–Kier alpha value is -1.95. The van der Waals surface area contributed by atoms with Crippen molar-refractivity contribution < 1.29 is 14.7 Å².